The third kappa shape index (κ3) is 2.95. The highest BCUT2D eigenvalue weighted by molar-refractivity contribution is 6.32. The predicted octanol–water partition coefficient (Wildman–Crippen LogP) is 2.54. The van der Waals surface area contributed by atoms with Crippen LogP contribution < -0.4 is 5.32 Å². The van der Waals surface area contributed by atoms with E-state index in [1.165, 1.54) is 6.92 Å². The number of carbonyl (C=O) groups is 1. The van der Waals surface area contributed by atoms with Gasteiger partial charge in [-0.3, -0.25) is 4.79 Å². The number of anilines is 1. The van der Waals surface area contributed by atoms with Gasteiger partial charge in [0.1, 0.15) is 0 Å². The van der Waals surface area contributed by atoms with Gasteiger partial charge in [0.25, 0.3) is 0 Å². The van der Waals surface area contributed by atoms with Crippen LogP contribution in [0.25, 0.3) is 5.70 Å². The van der Waals surface area contributed by atoms with Crippen molar-refractivity contribution in [3.63, 3.8) is 0 Å². The second-order valence-electron chi connectivity index (χ2n) is 3.00. The number of allylic oxidation sites excluding steroid dienone is 3. The van der Waals surface area contributed by atoms with E-state index in [1.807, 2.05) is 6.92 Å². The number of hydrogen-bond donors (Lipinski definition) is 1. The van der Waals surface area contributed by atoms with Crippen LogP contribution >= 0.6 is 11.6 Å². The number of carbonyl (C=O) groups excluding carboxylic acids is 1. The van der Waals surface area contributed by atoms with E-state index in [9.17, 15) is 4.79 Å². The van der Waals surface area contributed by atoms with Gasteiger partial charge in [-0.15, -0.1) is 0 Å². The van der Waals surface area contributed by atoms with Crippen LogP contribution in [-0.4, -0.2) is 15.7 Å². The molecule has 0 saturated carbocycles. The molecule has 0 aromatic carbocycles. The smallest absolute Gasteiger partial charge is 0.221 e. The molecule has 0 spiro atoms. The zero-order chi connectivity index (χ0) is 11.4. The number of rotatable bonds is 3. The predicted molar refractivity (Wildman–Crippen MR) is 61.7 cm³/mol. The first-order valence-electron chi connectivity index (χ1n) is 4.37. The lowest BCUT2D eigenvalue weighted by atomic mass is 10.4. The highest BCUT2D eigenvalue weighted by atomic mass is 35.5. The average molecular weight is 226 g/mol. The summed E-state index contributed by atoms with van der Waals surface area (Å²) in [5, 5.41) is 6.88. The first-order valence-corrected chi connectivity index (χ1v) is 4.75. The number of halogens is 1. The summed E-state index contributed by atoms with van der Waals surface area (Å²) < 4.78 is 1.58. The summed E-state index contributed by atoms with van der Waals surface area (Å²) in [6.07, 6.45) is 5.10. The molecule has 1 aromatic heterocycles. The van der Waals surface area contributed by atoms with Gasteiger partial charge in [-0.05, 0) is 13.0 Å². The third-order valence-corrected chi connectivity index (χ3v) is 1.98. The molecular formula is C10H12ClN3O. The molecule has 15 heavy (non-hydrogen) atoms. The lowest BCUT2D eigenvalue weighted by Gasteiger charge is -1.98. The van der Waals surface area contributed by atoms with Gasteiger partial charge in [0.2, 0.25) is 5.91 Å². The molecule has 4 nitrogen and oxygen atoms in total. The van der Waals surface area contributed by atoms with Crippen molar-refractivity contribution in [2.75, 3.05) is 5.32 Å². The Morgan fingerprint density at radius 3 is 2.87 bits per heavy atom. The zero-order valence-electron chi connectivity index (χ0n) is 8.62. The largest absolute Gasteiger partial charge is 0.322 e. The molecule has 1 aromatic rings. The van der Waals surface area contributed by atoms with Gasteiger partial charge in [-0.1, -0.05) is 24.3 Å². The summed E-state index contributed by atoms with van der Waals surface area (Å²) in [5.41, 5.74) is 1.37. The van der Waals surface area contributed by atoms with Crippen molar-refractivity contribution in [1.82, 2.24) is 9.78 Å². The standard InChI is InChI=1S/C10H12ClN3O/c1-4-5-7(2)14-6-9(10(11)13-14)12-8(3)15/h4-6H,1H2,2-3H3,(H,12,15)/b7-5+. The summed E-state index contributed by atoms with van der Waals surface area (Å²) in [6.45, 7) is 6.86. The van der Waals surface area contributed by atoms with Gasteiger partial charge in [0.15, 0.2) is 5.15 Å². The van der Waals surface area contributed by atoms with Crippen LogP contribution in [0.1, 0.15) is 13.8 Å². The Hall–Kier alpha value is -1.55. The molecule has 0 atom stereocenters. The Balaban J connectivity index is 2.99. The van der Waals surface area contributed by atoms with Crippen molar-refractivity contribution in [3.8, 4) is 0 Å². The Morgan fingerprint density at radius 1 is 1.67 bits per heavy atom. The van der Waals surface area contributed by atoms with E-state index < -0.39 is 0 Å². The normalized spacial score (nSPS) is 11.3. The van der Waals surface area contributed by atoms with Gasteiger partial charge in [-0.2, -0.15) is 5.10 Å². The Morgan fingerprint density at radius 2 is 2.33 bits per heavy atom. The molecule has 0 bridgehead atoms. The van der Waals surface area contributed by atoms with E-state index in [1.54, 1.807) is 23.0 Å². The van der Waals surface area contributed by atoms with Gasteiger partial charge < -0.3 is 5.32 Å². The quantitative estimate of drug-likeness (QED) is 0.804. The molecular weight excluding hydrogens is 214 g/mol. The second-order valence-corrected chi connectivity index (χ2v) is 3.36. The third-order valence-electron chi connectivity index (χ3n) is 1.70. The van der Waals surface area contributed by atoms with Gasteiger partial charge >= 0.3 is 0 Å². The van der Waals surface area contributed by atoms with E-state index in [4.69, 9.17) is 11.6 Å². The first kappa shape index (κ1) is 11.5. The molecule has 5 heteroatoms. The number of hydrogen-bond acceptors (Lipinski definition) is 2. The number of nitrogens with one attached hydrogen (secondary N) is 1. The SMILES string of the molecule is C=C/C=C(\C)n1cc(NC(C)=O)c(Cl)n1. The van der Waals surface area contributed by atoms with E-state index in [2.05, 4.69) is 17.0 Å². The van der Waals surface area contributed by atoms with Crippen molar-refractivity contribution in [1.29, 1.82) is 0 Å². The maximum absolute atomic E-state index is 10.8. The summed E-state index contributed by atoms with van der Waals surface area (Å²) >= 11 is 5.83. The molecule has 1 amide bonds. The summed E-state index contributed by atoms with van der Waals surface area (Å²) in [4.78, 5) is 10.8. The van der Waals surface area contributed by atoms with Crippen LogP contribution in [0.4, 0.5) is 5.69 Å². The summed E-state index contributed by atoms with van der Waals surface area (Å²) in [5.74, 6) is -0.179. The molecule has 0 radical (unpaired) electrons. The van der Waals surface area contributed by atoms with Crippen molar-refractivity contribution in [3.05, 3.63) is 30.1 Å². The molecule has 1 heterocycles. The molecule has 0 saturated heterocycles. The van der Waals surface area contributed by atoms with Crippen LogP contribution in [0.2, 0.25) is 5.15 Å². The first-order chi connectivity index (χ1) is 7.04. The topological polar surface area (TPSA) is 46.9 Å². The summed E-state index contributed by atoms with van der Waals surface area (Å²) in [6, 6.07) is 0. The van der Waals surface area contributed by atoms with Crippen LogP contribution in [0, 0.1) is 0 Å². The molecule has 1 N–H and O–H groups in total. The van der Waals surface area contributed by atoms with Crippen molar-refractivity contribution in [2.24, 2.45) is 0 Å². The molecule has 0 aliphatic carbocycles. The Bertz CT molecular complexity index is 420. The van der Waals surface area contributed by atoms with Crippen LogP contribution in [0.15, 0.2) is 24.9 Å². The zero-order valence-corrected chi connectivity index (χ0v) is 9.38. The molecule has 80 valence electrons. The maximum atomic E-state index is 10.8. The van der Waals surface area contributed by atoms with Gasteiger partial charge in [0.05, 0.1) is 11.9 Å². The second kappa shape index (κ2) is 4.79. The molecule has 0 aliphatic rings. The summed E-state index contributed by atoms with van der Waals surface area (Å²) in [7, 11) is 0. The monoisotopic (exact) mass is 225 g/mol. The van der Waals surface area contributed by atoms with Crippen molar-refractivity contribution >= 4 is 28.9 Å². The fourth-order valence-electron chi connectivity index (χ4n) is 1.05. The minimum absolute atomic E-state index is 0.179. The van der Waals surface area contributed by atoms with E-state index in [-0.39, 0.29) is 11.1 Å². The molecule has 0 fully saturated rings. The lowest BCUT2D eigenvalue weighted by molar-refractivity contribution is -0.114. The fraction of sp³-hybridized carbons (Fsp3) is 0.200. The van der Waals surface area contributed by atoms with Crippen molar-refractivity contribution < 1.29 is 4.79 Å². The number of aromatic nitrogens is 2. The molecule has 0 aliphatic heterocycles. The Kier molecular flexibility index (Phi) is 3.68. The lowest BCUT2D eigenvalue weighted by Crippen LogP contribution is -2.05. The number of nitrogens with zero attached hydrogens (tertiary/aromatic N) is 2. The minimum atomic E-state index is -0.179. The highest BCUT2D eigenvalue weighted by Gasteiger charge is 2.08. The fourth-order valence-corrected chi connectivity index (χ4v) is 1.23. The average Bonchev–Trinajstić information content (AvgIpc) is 2.47. The van der Waals surface area contributed by atoms with E-state index in [0.29, 0.717) is 5.69 Å². The van der Waals surface area contributed by atoms with E-state index >= 15 is 0 Å². The number of amides is 1. The molecule has 1 rings (SSSR count). The van der Waals surface area contributed by atoms with Crippen LogP contribution in [0.3, 0.4) is 0 Å². The minimum Gasteiger partial charge on any atom is -0.322 e. The van der Waals surface area contributed by atoms with Crippen molar-refractivity contribution in [2.45, 2.75) is 13.8 Å². The Labute approximate surface area is 93.2 Å². The van der Waals surface area contributed by atoms with Gasteiger partial charge in [-0.25, -0.2) is 4.68 Å². The maximum Gasteiger partial charge on any atom is 0.221 e. The van der Waals surface area contributed by atoms with Crippen LogP contribution in [0.5, 0.6) is 0 Å². The van der Waals surface area contributed by atoms with E-state index in [0.717, 1.165) is 5.70 Å². The van der Waals surface area contributed by atoms with Gasteiger partial charge in [0, 0.05) is 12.6 Å². The highest BCUT2D eigenvalue weighted by Crippen LogP contribution is 2.21. The van der Waals surface area contributed by atoms with Crippen LogP contribution in [-0.2, 0) is 4.79 Å². The molecule has 0 unspecified atom stereocenters.